The van der Waals surface area contributed by atoms with Crippen molar-refractivity contribution in [1.82, 2.24) is 10.6 Å². The van der Waals surface area contributed by atoms with E-state index in [0.717, 1.165) is 13.1 Å². The third-order valence-corrected chi connectivity index (χ3v) is 10.7. The van der Waals surface area contributed by atoms with Gasteiger partial charge in [0.15, 0.2) is 0 Å². The van der Waals surface area contributed by atoms with Crippen LogP contribution in [-0.4, -0.2) is 12.1 Å². The van der Waals surface area contributed by atoms with E-state index < -0.39 is 0 Å². The normalized spacial score (nSPS) is 18.9. The zero-order chi connectivity index (χ0) is 21.9. The maximum Gasteiger partial charge on any atom is 0.0446 e. The molecule has 0 aliphatic heterocycles. The molecule has 1 fully saturated rings. The van der Waals surface area contributed by atoms with Crippen molar-refractivity contribution in [3.8, 4) is 19.5 Å². The Hall–Kier alpha value is -1.28. The lowest BCUT2D eigenvalue weighted by atomic mass is 9.90. The molecule has 168 valence electrons. The Morgan fingerprint density at radius 3 is 1.41 bits per heavy atom. The lowest BCUT2D eigenvalue weighted by Gasteiger charge is -2.33. The first-order valence-corrected chi connectivity index (χ1v) is 14.7. The fourth-order valence-corrected chi connectivity index (χ4v) is 8.26. The van der Waals surface area contributed by atoms with Crippen LogP contribution < -0.4 is 10.6 Å². The number of rotatable bonds is 8. The molecule has 0 amide bonds. The van der Waals surface area contributed by atoms with Gasteiger partial charge in [0.2, 0.25) is 0 Å². The molecule has 0 spiro atoms. The van der Waals surface area contributed by atoms with Crippen molar-refractivity contribution in [2.45, 2.75) is 64.7 Å². The van der Waals surface area contributed by atoms with Gasteiger partial charge in [0.25, 0.3) is 0 Å². The largest absolute Gasteiger partial charge is 0.308 e. The number of thiophene rings is 4. The van der Waals surface area contributed by atoms with Crippen molar-refractivity contribution < 1.29 is 0 Å². The molecule has 6 heteroatoms. The molecule has 2 nitrogen and oxygen atoms in total. The second-order valence-corrected chi connectivity index (χ2v) is 13.5. The fourth-order valence-electron chi connectivity index (χ4n) is 4.43. The van der Waals surface area contributed by atoms with Crippen molar-refractivity contribution in [3.05, 3.63) is 68.0 Å². The van der Waals surface area contributed by atoms with Crippen molar-refractivity contribution in [2.24, 2.45) is 0 Å². The molecule has 5 rings (SSSR count). The summed E-state index contributed by atoms with van der Waals surface area (Å²) >= 11 is 7.64. The number of hydrogen-bond acceptors (Lipinski definition) is 6. The van der Waals surface area contributed by atoms with Gasteiger partial charge in [-0.25, -0.2) is 0 Å². The lowest BCUT2D eigenvalue weighted by Crippen LogP contribution is -2.49. The van der Waals surface area contributed by atoms with Gasteiger partial charge in [-0.2, -0.15) is 0 Å². The van der Waals surface area contributed by atoms with Crippen molar-refractivity contribution >= 4 is 45.3 Å². The van der Waals surface area contributed by atoms with E-state index in [1.54, 1.807) is 0 Å². The van der Waals surface area contributed by atoms with Crippen LogP contribution in [-0.2, 0) is 13.1 Å². The van der Waals surface area contributed by atoms with E-state index in [0.29, 0.717) is 12.1 Å². The van der Waals surface area contributed by atoms with E-state index >= 15 is 0 Å². The highest BCUT2D eigenvalue weighted by atomic mass is 32.1. The Bertz CT molecular complexity index is 1060. The molecule has 1 aliphatic carbocycles. The molecule has 2 N–H and O–H groups in total. The third kappa shape index (κ3) is 5.44. The SMILES string of the molecule is Cc1ccc(-c2ccc(CN[C@@H]3CCCC[C@H]3NCc3ccc(-c4ccc(C)s4)s3)s2)s1. The highest BCUT2D eigenvalue weighted by Crippen LogP contribution is 2.34. The predicted molar refractivity (Wildman–Crippen MR) is 144 cm³/mol. The minimum Gasteiger partial charge on any atom is -0.308 e. The van der Waals surface area contributed by atoms with Crippen molar-refractivity contribution in [1.29, 1.82) is 0 Å². The van der Waals surface area contributed by atoms with Crippen LogP contribution in [0.2, 0.25) is 0 Å². The Labute approximate surface area is 207 Å². The Kier molecular flexibility index (Phi) is 7.26. The van der Waals surface area contributed by atoms with Gasteiger partial charge in [-0.1, -0.05) is 12.8 Å². The minimum absolute atomic E-state index is 0.553. The maximum atomic E-state index is 3.88. The molecule has 0 radical (unpaired) electrons. The average molecular weight is 499 g/mol. The molecule has 0 bridgehead atoms. The van der Waals surface area contributed by atoms with Gasteiger partial charge in [0, 0.05) is 64.2 Å². The summed E-state index contributed by atoms with van der Waals surface area (Å²) in [4.78, 5) is 11.2. The van der Waals surface area contributed by atoms with E-state index in [9.17, 15) is 0 Å². The van der Waals surface area contributed by atoms with Gasteiger partial charge in [0.1, 0.15) is 0 Å². The Balaban J connectivity index is 1.16. The summed E-state index contributed by atoms with van der Waals surface area (Å²) < 4.78 is 0. The van der Waals surface area contributed by atoms with Crippen LogP contribution in [0.15, 0.2) is 48.5 Å². The average Bonchev–Trinajstić information content (AvgIpc) is 3.58. The van der Waals surface area contributed by atoms with Crippen LogP contribution in [0.3, 0.4) is 0 Å². The topological polar surface area (TPSA) is 24.1 Å². The van der Waals surface area contributed by atoms with Gasteiger partial charge in [-0.3, -0.25) is 0 Å². The lowest BCUT2D eigenvalue weighted by molar-refractivity contribution is 0.282. The summed E-state index contributed by atoms with van der Waals surface area (Å²) in [5.41, 5.74) is 0. The summed E-state index contributed by atoms with van der Waals surface area (Å²) in [6, 6.07) is 19.2. The highest BCUT2D eigenvalue weighted by Gasteiger charge is 2.24. The third-order valence-electron chi connectivity index (χ3n) is 6.13. The summed E-state index contributed by atoms with van der Waals surface area (Å²) in [6.07, 6.45) is 5.20. The molecule has 4 aromatic heterocycles. The molecule has 1 saturated carbocycles. The van der Waals surface area contributed by atoms with E-state index in [-0.39, 0.29) is 0 Å². The standard InChI is InChI=1S/C26H30N2S4/c1-17-7-11-23(29-17)25-13-9-19(31-25)15-27-21-5-3-4-6-22(21)28-16-20-10-14-26(32-20)24-12-8-18(2)30-24/h7-14,21-22,27-28H,3-6,15-16H2,1-2H3/t21-,22-/m1/s1. The first-order chi connectivity index (χ1) is 15.6. The fraction of sp³-hybridized carbons (Fsp3) is 0.385. The van der Waals surface area contributed by atoms with E-state index in [4.69, 9.17) is 0 Å². The second-order valence-electron chi connectivity index (χ2n) is 8.61. The number of aryl methyl sites for hydroxylation is 2. The molecule has 0 aromatic carbocycles. The quantitative estimate of drug-likeness (QED) is 0.257. The molecule has 4 heterocycles. The van der Waals surface area contributed by atoms with Crippen molar-refractivity contribution in [2.75, 3.05) is 0 Å². The van der Waals surface area contributed by atoms with Crippen LogP contribution in [0, 0.1) is 13.8 Å². The van der Waals surface area contributed by atoms with Gasteiger partial charge in [0.05, 0.1) is 0 Å². The number of nitrogens with one attached hydrogen (secondary N) is 2. The smallest absolute Gasteiger partial charge is 0.0446 e. The van der Waals surface area contributed by atoms with E-state index in [1.165, 1.54) is 64.7 Å². The van der Waals surface area contributed by atoms with Crippen LogP contribution in [0.5, 0.6) is 0 Å². The van der Waals surface area contributed by atoms with Crippen LogP contribution in [0.1, 0.15) is 45.2 Å². The number of hydrogen-bond donors (Lipinski definition) is 2. The maximum absolute atomic E-state index is 3.88. The predicted octanol–water partition coefficient (Wildman–Crippen LogP) is 8.07. The molecule has 2 atom stereocenters. The highest BCUT2D eigenvalue weighted by molar-refractivity contribution is 7.22. The summed E-state index contributed by atoms with van der Waals surface area (Å²) in [7, 11) is 0. The van der Waals surface area contributed by atoms with Gasteiger partial charge in [-0.15, -0.1) is 45.3 Å². The van der Waals surface area contributed by atoms with Gasteiger partial charge in [-0.05, 0) is 75.2 Å². The first kappa shape index (κ1) is 22.5. The first-order valence-electron chi connectivity index (χ1n) is 11.4. The molecular formula is C26H30N2S4. The summed E-state index contributed by atoms with van der Waals surface area (Å²) in [5, 5.41) is 7.77. The van der Waals surface area contributed by atoms with Crippen molar-refractivity contribution in [3.63, 3.8) is 0 Å². The summed E-state index contributed by atoms with van der Waals surface area (Å²) in [6.45, 7) is 6.30. The molecule has 0 saturated heterocycles. The zero-order valence-corrected chi connectivity index (χ0v) is 21.9. The van der Waals surface area contributed by atoms with Gasteiger partial charge < -0.3 is 10.6 Å². The van der Waals surface area contributed by atoms with Gasteiger partial charge >= 0.3 is 0 Å². The summed E-state index contributed by atoms with van der Waals surface area (Å²) in [5.74, 6) is 0. The van der Waals surface area contributed by atoms with Crippen LogP contribution in [0.25, 0.3) is 19.5 Å². The molecule has 32 heavy (non-hydrogen) atoms. The molecule has 4 aromatic rings. The van der Waals surface area contributed by atoms with E-state index in [2.05, 4.69) is 73.0 Å². The Morgan fingerprint density at radius 1 is 0.594 bits per heavy atom. The monoisotopic (exact) mass is 498 g/mol. The van der Waals surface area contributed by atoms with Crippen LogP contribution in [0.4, 0.5) is 0 Å². The van der Waals surface area contributed by atoms with Crippen LogP contribution >= 0.6 is 45.3 Å². The Morgan fingerprint density at radius 2 is 1.00 bits per heavy atom. The molecule has 1 aliphatic rings. The zero-order valence-electron chi connectivity index (χ0n) is 18.6. The van der Waals surface area contributed by atoms with E-state index in [1.807, 2.05) is 45.3 Å². The molecular weight excluding hydrogens is 469 g/mol. The second kappa shape index (κ2) is 10.3. The minimum atomic E-state index is 0.553. The molecule has 0 unspecified atom stereocenters.